The third kappa shape index (κ3) is 3.24. The number of rotatable bonds is 5. The van der Waals surface area contributed by atoms with Gasteiger partial charge in [0.15, 0.2) is 0 Å². The highest BCUT2D eigenvalue weighted by Crippen LogP contribution is 2.24. The number of aromatic nitrogens is 2. The summed E-state index contributed by atoms with van der Waals surface area (Å²) in [6, 6.07) is 10.4. The van der Waals surface area contributed by atoms with Gasteiger partial charge in [0, 0.05) is 17.9 Å². The molecule has 1 aromatic carbocycles. The molecule has 4 nitrogen and oxygen atoms in total. The molecule has 20 heavy (non-hydrogen) atoms. The normalized spacial score (nSPS) is 12.3. The Balaban J connectivity index is 2.14. The molecule has 0 fully saturated rings. The lowest BCUT2D eigenvalue weighted by molar-refractivity contribution is 0.355. The molecule has 104 valence electrons. The van der Waals surface area contributed by atoms with E-state index in [9.17, 15) is 0 Å². The monoisotopic (exact) mass is 269 g/mol. The maximum atomic E-state index is 8.60. The fraction of sp³-hybridized carbons (Fsp3) is 0.438. The fourth-order valence-corrected chi connectivity index (χ4v) is 1.97. The van der Waals surface area contributed by atoms with Crippen LogP contribution in [0.3, 0.4) is 0 Å². The van der Waals surface area contributed by atoms with Crippen LogP contribution in [0, 0.1) is 11.3 Å². The van der Waals surface area contributed by atoms with Gasteiger partial charge in [-0.2, -0.15) is 10.2 Å². The molecule has 0 aliphatic carbocycles. The van der Waals surface area contributed by atoms with Crippen LogP contribution in [-0.2, 0) is 0 Å². The summed E-state index contributed by atoms with van der Waals surface area (Å²) in [5.74, 6) is 1.84. The molecule has 4 heteroatoms. The molecule has 1 heterocycles. The van der Waals surface area contributed by atoms with Gasteiger partial charge in [0.1, 0.15) is 0 Å². The fourth-order valence-electron chi connectivity index (χ4n) is 1.97. The zero-order valence-corrected chi connectivity index (χ0v) is 12.1. The first-order chi connectivity index (χ1) is 9.61. The second-order valence-electron chi connectivity index (χ2n) is 5.33. The van der Waals surface area contributed by atoms with Crippen LogP contribution in [0.25, 0.3) is 11.4 Å². The van der Waals surface area contributed by atoms with Crippen molar-refractivity contribution in [3.05, 3.63) is 35.7 Å². The van der Waals surface area contributed by atoms with Crippen LogP contribution >= 0.6 is 0 Å². The van der Waals surface area contributed by atoms with Crippen LogP contribution in [0.2, 0.25) is 0 Å². The molecule has 0 spiro atoms. The standard InChI is InChI=1S/C16H19N3O/c1-11(2)13-6-8-14(9-7-13)15-18-16(20-19-15)12(3)5-4-10-17/h6-9,11-12H,4-5H2,1-3H3. The topological polar surface area (TPSA) is 62.7 Å². The number of benzene rings is 1. The lowest BCUT2D eigenvalue weighted by atomic mass is 10.0. The van der Waals surface area contributed by atoms with Gasteiger partial charge in [-0.3, -0.25) is 0 Å². The SMILES string of the molecule is CC(C)c1ccc(-c2noc(C(C)CCC#N)n2)cc1. The van der Waals surface area contributed by atoms with Gasteiger partial charge in [-0.25, -0.2) is 0 Å². The van der Waals surface area contributed by atoms with Crippen molar-refractivity contribution in [3.63, 3.8) is 0 Å². The minimum absolute atomic E-state index is 0.117. The first-order valence-electron chi connectivity index (χ1n) is 6.92. The largest absolute Gasteiger partial charge is 0.339 e. The predicted octanol–water partition coefficient (Wildman–Crippen LogP) is 4.27. The zero-order chi connectivity index (χ0) is 14.5. The molecular weight excluding hydrogens is 250 g/mol. The zero-order valence-electron chi connectivity index (χ0n) is 12.1. The highest BCUT2D eigenvalue weighted by atomic mass is 16.5. The van der Waals surface area contributed by atoms with Crippen LogP contribution in [0.15, 0.2) is 28.8 Å². The number of nitriles is 1. The summed E-state index contributed by atoms with van der Waals surface area (Å²) in [6.07, 6.45) is 1.24. The van der Waals surface area contributed by atoms with Gasteiger partial charge in [-0.15, -0.1) is 0 Å². The van der Waals surface area contributed by atoms with Crippen molar-refractivity contribution in [2.24, 2.45) is 0 Å². The van der Waals surface area contributed by atoms with Gasteiger partial charge < -0.3 is 4.52 Å². The van der Waals surface area contributed by atoms with Crippen LogP contribution in [-0.4, -0.2) is 10.1 Å². The third-order valence-electron chi connectivity index (χ3n) is 3.39. The molecule has 1 unspecified atom stereocenters. The molecule has 0 amide bonds. The van der Waals surface area contributed by atoms with E-state index < -0.39 is 0 Å². The Morgan fingerprint density at radius 3 is 2.50 bits per heavy atom. The van der Waals surface area contributed by atoms with Crippen molar-refractivity contribution >= 4 is 0 Å². The van der Waals surface area contributed by atoms with E-state index in [0.29, 0.717) is 24.1 Å². The van der Waals surface area contributed by atoms with Crippen molar-refractivity contribution in [1.29, 1.82) is 5.26 Å². The molecule has 2 rings (SSSR count). The van der Waals surface area contributed by atoms with E-state index in [1.165, 1.54) is 5.56 Å². The van der Waals surface area contributed by atoms with Gasteiger partial charge in [-0.05, 0) is 17.9 Å². The van der Waals surface area contributed by atoms with E-state index >= 15 is 0 Å². The smallest absolute Gasteiger partial charge is 0.229 e. The van der Waals surface area contributed by atoms with Gasteiger partial charge in [0.05, 0.1) is 6.07 Å². The molecule has 0 aliphatic rings. The lowest BCUT2D eigenvalue weighted by Crippen LogP contribution is -1.93. The van der Waals surface area contributed by atoms with Gasteiger partial charge in [0.25, 0.3) is 0 Å². The second-order valence-corrected chi connectivity index (χ2v) is 5.33. The molecule has 1 aromatic heterocycles. The number of hydrogen-bond acceptors (Lipinski definition) is 4. The summed E-state index contributed by atoms with van der Waals surface area (Å²) in [6.45, 7) is 6.33. The van der Waals surface area contributed by atoms with Crippen LogP contribution < -0.4 is 0 Å². The van der Waals surface area contributed by atoms with E-state index in [0.717, 1.165) is 12.0 Å². The van der Waals surface area contributed by atoms with E-state index in [-0.39, 0.29) is 5.92 Å². The van der Waals surface area contributed by atoms with E-state index in [2.05, 4.69) is 42.2 Å². The molecule has 0 N–H and O–H groups in total. The van der Waals surface area contributed by atoms with E-state index in [1.54, 1.807) is 0 Å². The Bertz CT molecular complexity index is 593. The number of nitrogens with zero attached hydrogens (tertiary/aromatic N) is 3. The van der Waals surface area contributed by atoms with Crippen LogP contribution in [0.4, 0.5) is 0 Å². The average Bonchev–Trinajstić information content (AvgIpc) is 2.94. The lowest BCUT2D eigenvalue weighted by Gasteiger charge is -2.04. The maximum absolute atomic E-state index is 8.60. The van der Waals surface area contributed by atoms with Crippen molar-refractivity contribution in [2.75, 3.05) is 0 Å². The minimum atomic E-state index is 0.117. The van der Waals surface area contributed by atoms with Crippen molar-refractivity contribution in [2.45, 2.75) is 45.4 Å². The second kappa shape index (κ2) is 6.33. The summed E-state index contributed by atoms with van der Waals surface area (Å²) in [4.78, 5) is 4.42. The molecule has 0 saturated heterocycles. The maximum Gasteiger partial charge on any atom is 0.229 e. The Labute approximate surface area is 119 Å². The molecule has 1 atom stereocenters. The first-order valence-corrected chi connectivity index (χ1v) is 6.92. The average molecular weight is 269 g/mol. The van der Waals surface area contributed by atoms with E-state index in [1.807, 2.05) is 19.1 Å². The first kappa shape index (κ1) is 14.3. The minimum Gasteiger partial charge on any atom is -0.339 e. The van der Waals surface area contributed by atoms with Gasteiger partial charge >= 0.3 is 0 Å². The Morgan fingerprint density at radius 1 is 1.20 bits per heavy atom. The highest BCUT2D eigenvalue weighted by molar-refractivity contribution is 5.54. The summed E-state index contributed by atoms with van der Waals surface area (Å²) >= 11 is 0. The molecule has 2 aromatic rings. The van der Waals surface area contributed by atoms with Crippen molar-refractivity contribution in [3.8, 4) is 17.5 Å². The van der Waals surface area contributed by atoms with E-state index in [4.69, 9.17) is 9.78 Å². The summed E-state index contributed by atoms with van der Waals surface area (Å²) in [5.41, 5.74) is 2.25. The van der Waals surface area contributed by atoms with Gasteiger partial charge in [0.2, 0.25) is 11.7 Å². The molecule has 0 bridgehead atoms. The molecule has 0 radical (unpaired) electrons. The van der Waals surface area contributed by atoms with Crippen molar-refractivity contribution in [1.82, 2.24) is 10.1 Å². The quantitative estimate of drug-likeness (QED) is 0.813. The summed E-state index contributed by atoms with van der Waals surface area (Å²) < 4.78 is 5.29. The van der Waals surface area contributed by atoms with Crippen molar-refractivity contribution < 1.29 is 4.52 Å². The predicted molar refractivity (Wildman–Crippen MR) is 77.1 cm³/mol. The Hall–Kier alpha value is -2.15. The summed E-state index contributed by atoms with van der Waals surface area (Å²) in [7, 11) is 0. The molecule has 0 aliphatic heterocycles. The third-order valence-corrected chi connectivity index (χ3v) is 3.39. The Kier molecular flexibility index (Phi) is 4.52. The molecule has 0 saturated carbocycles. The van der Waals surface area contributed by atoms with Crippen LogP contribution in [0.1, 0.15) is 56.9 Å². The Morgan fingerprint density at radius 2 is 1.90 bits per heavy atom. The summed E-state index contributed by atoms with van der Waals surface area (Å²) in [5, 5.41) is 12.6. The van der Waals surface area contributed by atoms with Gasteiger partial charge in [-0.1, -0.05) is 50.2 Å². The highest BCUT2D eigenvalue weighted by Gasteiger charge is 2.15. The number of hydrogen-bond donors (Lipinski definition) is 0. The van der Waals surface area contributed by atoms with Crippen LogP contribution in [0.5, 0.6) is 0 Å². The molecular formula is C16H19N3O.